The van der Waals surface area contributed by atoms with Crippen LogP contribution in [-0.4, -0.2) is 24.6 Å². The van der Waals surface area contributed by atoms with Crippen LogP contribution in [0.4, 0.5) is 0 Å². The first-order valence-corrected chi connectivity index (χ1v) is 10.3. The van der Waals surface area contributed by atoms with Gasteiger partial charge in [0.05, 0.1) is 5.02 Å². The number of thioether (sulfide) groups is 1. The molecule has 0 spiro atoms. The second kappa shape index (κ2) is 10.6. The molecule has 2 rings (SSSR count). The number of rotatable bonds is 9. The summed E-state index contributed by atoms with van der Waals surface area (Å²) in [5.41, 5.74) is 1.89. The van der Waals surface area contributed by atoms with E-state index in [1.807, 2.05) is 25.1 Å². The summed E-state index contributed by atoms with van der Waals surface area (Å²) in [5, 5.41) is 1.04. The number of carbonyl (C=O) groups is 1. The normalized spacial score (nSPS) is 11.6. The molecule has 0 amide bonds. The van der Waals surface area contributed by atoms with Crippen molar-refractivity contribution >= 4 is 40.9 Å². The van der Waals surface area contributed by atoms with E-state index in [4.69, 9.17) is 37.4 Å². The van der Waals surface area contributed by atoms with E-state index >= 15 is 0 Å². The fourth-order valence-corrected chi connectivity index (χ4v) is 3.62. The molecule has 7 heteroatoms. The van der Waals surface area contributed by atoms with Crippen LogP contribution in [0.3, 0.4) is 0 Å². The summed E-state index contributed by atoms with van der Waals surface area (Å²) in [6.45, 7) is 9.40. The van der Waals surface area contributed by atoms with Crippen molar-refractivity contribution < 1.29 is 19.0 Å². The Labute approximate surface area is 179 Å². The van der Waals surface area contributed by atoms with Crippen molar-refractivity contribution in [3.63, 3.8) is 0 Å². The Morgan fingerprint density at radius 3 is 2.54 bits per heavy atom. The molecular formula is C21H22Cl2O4S. The van der Waals surface area contributed by atoms with Gasteiger partial charge in [-0.2, -0.15) is 0 Å². The van der Waals surface area contributed by atoms with E-state index < -0.39 is 6.29 Å². The van der Waals surface area contributed by atoms with Gasteiger partial charge in [-0.1, -0.05) is 29.8 Å². The van der Waals surface area contributed by atoms with Gasteiger partial charge in [0.15, 0.2) is 0 Å². The van der Waals surface area contributed by atoms with E-state index in [9.17, 15) is 4.79 Å². The van der Waals surface area contributed by atoms with Crippen LogP contribution in [0.2, 0.25) is 10.0 Å². The summed E-state index contributed by atoms with van der Waals surface area (Å²) < 4.78 is 16.3. The molecule has 0 saturated heterocycles. The van der Waals surface area contributed by atoms with E-state index in [1.165, 1.54) is 6.92 Å². The Hall–Kier alpha value is -1.82. The quantitative estimate of drug-likeness (QED) is 0.197. The number of ether oxygens (including phenoxy) is 3. The lowest BCUT2D eigenvalue weighted by molar-refractivity contribution is -0.158. The van der Waals surface area contributed by atoms with Gasteiger partial charge in [0, 0.05) is 29.5 Å². The summed E-state index contributed by atoms with van der Waals surface area (Å²) >= 11 is 13.6. The van der Waals surface area contributed by atoms with Crippen molar-refractivity contribution in [2.24, 2.45) is 0 Å². The van der Waals surface area contributed by atoms with Crippen LogP contribution in [0.15, 0.2) is 53.4 Å². The minimum atomic E-state index is -0.633. The van der Waals surface area contributed by atoms with Crippen LogP contribution in [0, 0.1) is 6.92 Å². The number of carbonyl (C=O) groups excluding carboxylic acids is 1. The zero-order valence-electron chi connectivity index (χ0n) is 16.0. The Morgan fingerprint density at radius 2 is 1.89 bits per heavy atom. The molecule has 0 saturated carbocycles. The van der Waals surface area contributed by atoms with Crippen molar-refractivity contribution in [1.82, 2.24) is 0 Å². The molecular weight excluding hydrogens is 419 g/mol. The van der Waals surface area contributed by atoms with E-state index in [0.717, 1.165) is 16.0 Å². The van der Waals surface area contributed by atoms with Gasteiger partial charge in [0.2, 0.25) is 6.29 Å². The number of benzene rings is 2. The van der Waals surface area contributed by atoms with Crippen molar-refractivity contribution in [3.8, 4) is 11.5 Å². The fourth-order valence-electron chi connectivity index (χ4n) is 2.28. The third-order valence-electron chi connectivity index (χ3n) is 3.54. The molecule has 0 aliphatic rings. The van der Waals surface area contributed by atoms with E-state index in [2.05, 4.69) is 6.58 Å². The fraction of sp³-hybridized carbons (Fsp3) is 0.286. The number of hydrogen-bond acceptors (Lipinski definition) is 5. The van der Waals surface area contributed by atoms with Crippen LogP contribution < -0.4 is 9.47 Å². The smallest absolute Gasteiger partial charge is 0.305 e. The molecule has 0 N–H and O–H groups in total. The molecule has 0 heterocycles. The van der Waals surface area contributed by atoms with Gasteiger partial charge in [0.25, 0.3) is 0 Å². The molecule has 1 atom stereocenters. The summed E-state index contributed by atoms with van der Waals surface area (Å²) in [6, 6.07) is 11.0. The van der Waals surface area contributed by atoms with Crippen LogP contribution >= 0.6 is 35.0 Å². The first-order chi connectivity index (χ1) is 13.2. The minimum Gasteiger partial charge on any atom is -0.488 e. The third kappa shape index (κ3) is 7.30. The zero-order valence-corrected chi connectivity index (χ0v) is 18.3. The lowest BCUT2D eigenvalue weighted by Gasteiger charge is -2.16. The van der Waals surface area contributed by atoms with Gasteiger partial charge in [0.1, 0.15) is 18.1 Å². The average molecular weight is 441 g/mol. The summed E-state index contributed by atoms with van der Waals surface area (Å²) in [6.07, 6.45) is -0.633. The van der Waals surface area contributed by atoms with Gasteiger partial charge in [-0.25, -0.2) is 0 Å². The minimum absolute atomic E-state index is 0.369. The summed E-state index contributed by atoms with van der Waals surface area (Å²) in [5.74, 6) is 1.58. The standard InChI is InChI=1S/C21H22Cl2O4S/c1-13(11-25-21-7-5-17(22)10-19(21)23)12-28-18-6-8-20(14(2)9-18)27-16(4)26-15(3)24/h5-10,16H,1,11-12H2,2-4H3. The van der Waals surface area contributed by atoms with Crippen molar-refractivity contribution in [2.45, 2.75) is 32.0 Å². The maximum atomic E-state index is 11.0. The third-order valence-corrected chi connectivity index (χ3v) is 5.21. The summed E-state index contributed by atoms with van der Waals surface area (Å²) in [7, 11) is 0. The predicted octanol–water partition coefficient (Wildman–Crippen LogP) is 6.32. The number of esters is 1. The van der Waals surface area contributed by atoms with E-state index in [1.54, 1.807) is 36.9 Å². The van der Waals surface area contributed by atoms with E-state index in [-0.39, 0.29) is 5.97 Å². The molecule has 0 aromatic heterocycles. The lowest BCUT2D eigenvalue weighted by atomic mass is 10.2. The predicted molar refractivity (Wildman–Crippen MR) is 115 cm³/mol. The molecule has 150 valence electrons. The summed E-state index contributed by atoms with van der Waals surface area (Å²) in [4.78, 5) is 12.1. The maximum absolute atomic E-state index is 11.0. The molecule has 1 unspecified atom stereocenters. The van der Waals surface area contributed by atoms with Crippen LogP contribution in [-0.2, 0) is 9.53 Å². The molecule has 0 radical (unpaired) electrons. The highest BCUT2D eigenvalue weighted by Crippen LogP contribution is 2.29. The Morgan fingerprint density at radius 1 is 1.18 bits per heavy atom. The van der Waals surface area contributed by atoms with Crippen LogP contribution in [0.1, 0.15) is 19.4 Å². The Kier molecular flexibility index (Phi) is 8.55. The van der Waals surface area contributed by atoms with Crippen molar-refractivity contribution in [3.05, 3.63) is 64.2 Å². The SMILES string of the molecule is C=C(COc1ccc(Cl)cc1Cl)CSc1ccc(OC(C)OC(C)=O)c(C)c1. The highest BCUT2D eigenvalue weighted by atomic mass is 35.5. The highest BCUT2D eigenvalue weighted by molar-refractivity contribution is 7.99. The van der Waals surface area contributed by atoms with Gasteiger partial charge < -0.3 is 14.2 Å². The first kappa shape index (κ1) is 22.5. The number of aryl methyl sites for hydroxylation is 1. The average Bonchev–Trinajstić information content (AvgIpc) is 2.60. The van der Waals surface area contributed by atoms with Gasteiger partial charge >= 0.3 is 5.97 Å². The topological polar surface area (TPSA) is 44.8 Å². The second-order valence-electron chi connectivity index (χ2n) is 6.12. The molecule has 2 aromatic rings. The van der Waals surface area contributed by atoms with Crippen molar-refractivity contribution in [2.75, 3.05) is 12.4 Å². The molecule has 0 aliphatic carbocycles. The van der Waals surface area contributed by atoms with Gasteiger partial charge in [-0.15, -0.1) is 11.8 Å². The molecule has 4 nitrogen and oxygen atoms in total. The van der Waals surface area contributed by atoms with Gasteiger partial charge in [-0.3, -0.25) is 4.79 Å². The number of halogens is 2. The number of hydrogen-bond donors (Lipinski definition) is 0. The lowest BCUT2D eigenvalue weighted by Crippen LogP contribution is -2.19. The molecule has 0 fully saturated rings. The van der Waals surface area contributed by atoms with E-state index in [0.29, 0.717) is 33.9 Å². The maximum Gasteiger partial charge on any atom is 0.305 e. The second-order valence-corrected chi connectivity index (χ2v) is 8.02. The van der Waals surface area contributed by atoms with Gasteiger partial charge in [-0.05, 0) is 54.5 Å². The largest absolute Gasteiger partial charge is 0.488 e. The Bertz CT molecular complexity index is 854. The molecule has 2 aromatic carbocycles. The molecule has 0 bridgehead atoms. The monoisotopic (exact) mass is 440 g/mol. The Balaban J connectivity index is 1.84. The molecule has 0 aliphatic heterocycles. The van der Waals surface area contributed by atoms with Crippen molar-refractivity contribution in [1.29, 1.82) is 0 Å². The first-order valence-electron chi connectivity index (χ1n) is 8.56. The zero-order chi connectivity index (χ0) is 20.7. The van der Waals surface area contributed by atoms with Crippen LogP contribution in [0.25, 0.3) is 0 Å². The van der Waals surface area contributed by atoms with Crippen LogP contribution in [0.5, 0.6) is 11.5 Å². The molecule has 28 heavy (non-hydrogen) atoms. The highest BCUT2D eigenvalue weighted by Gasteiger charge is 2.10.